The zero-order valence-corrected chi connectivity index (χ0v) is 73.8. The highest BCUT2D eigenvalue weighted by molar-refractivity contribution is 7.80. The molecule has 0 saturated carbocycles. The van der Waals surface area contributed by atoms with Crippen molar-refractivity contribution in [2.24, 2.45) is 0 Å². The molecule has 0 aromatic carbocycles. The summed E-state index contributed by atoms with van der Waals surface area (Å²) in [4.78, 5) is 85.1. The average molecular weight is 1660 g/mol. The standard InChI is InChI=1S/C90H168N2O22S/c1-7-13-19-25-31-35-36-40-46-49-55-61-73(108-79(98)63-57-51-41-29-23-17-11-5)67-78(97)92-84-88(113-82(101)68-74(62-56-50-45-39-34-28-22-16-10-4)109-80(99)64-58-52-42-30-24-18-12-6)86(114-115(104,105)106)75(69-93)111-90(84)107-70-76-85(102)87(112-81(100)66-72(95)60-54-48-44-38-33-27-21-15-9-3)83(89(103)110-76)91-77(96)65-71(94)59-53-47-43-37-32-26-20-14-8-2/h71-76,83-90,93-95,102-103H,7-70H2,1-6H3,(H,91,96)(H,92,97)(H,104,105,106). The Balaban J connectivity index is 2.74. The van der Waals surface area contributed by atoms with Gasteiger partial charge in [0.05, 0.1) is 51.1 Å². The molecule has 14 unspecified atom stereocenters. The van der Waals surface area contributed by atoms with Gasteiger partial charge in [-0.1, -0.05) is 350 Å². The Morgan fingerprint density at radius 3 is 1.07 bits per heavy atom. The SMILES string of the molecule is CCCCCCCCCCCCCC(CC(=O)NC1C(OCC2OC(O)C(NC(=O)CC(O)CCCCCCCCCCC)C(OC(=O)CC(O)CCCCCCCCCCC)C2O)OC(CO)C(OS(=O)(=O)O)C1OC(=O)CC(CCCCCCCCCCC)OC(=O)CCCCCCCCC)OC(=O)CCCCCCCCC. The Kier molecular flexibility index (Phi) is 66.3. The van der Waals surface area contributed by atoms with Crippen LogP contribution in [0.3, 0.4) is 0 Å². The molecular formula is C90H168N2O22S. The highest BCUT2D eigenvalue weighted by Gasteiger charge is 2.54. The summed E-state index contributed by atoms with van der Waals surface area (Å²) >= 11 is 0. The van der Waals surface area contributed by atoms with Crippen molar-refractivity contribution < 1.29 is 105 Å². The molecule has 0 aromatic heterocycles. The number of esters is 4. The number of hydrogen-bond donors (Lipinski definition) is 8. The van der Waals surface area contributed by atoms with E-state index in [0.29, 0.717) is 44.9 Å². The lowest BCUT2D eigenvalue weighted by Crippen LogP contribution is -2.68. The summed E-state index contributed by atoms with van der Waals surface area (Å²) in [7, 11) is -5.52. The van der Waals surface area contributed by atoms with Gasteiger partial charge in [-0.15, -0.1) is 0 Å². The molecule has 676 valence electrons. The van der Waals surface area contributed by atoms with Crippen molar-refractivity contribution in [3.63, 3.8) is 0 Å². The van der Waals surface area contributed by atoms with Gasteiger partial charge in [0, 0.05) is 12.8 Å². The van der Waals surface area contributed by atoms with Gasteiger partial charge in [-0.3, -0.25) is 33.3 Å². The minimum Gasteiger partial charge on any atom is -0.462 e. The maximum Gasteiger partial charge on any atom is 0.397 e. The van der Waals surface area contributed by atoms with Gasteiger partial charge in [-0.2, -0.15) is 8.42 Å². The van der Waals surface area contributed by atoms with E-state index in [-0.39, 0.29) is 32.1 Å². The Bertz CT molecular complexity index is 2520. The van der Waals surface area contributed by atoms with Crippen LogP contribution in [0.4, 0.5) is 0 Å². The number of unbranched alkanes of at least 4 members (excludes halogenated alkanes) is 46. The van der Waals surface area contributed by atoms with E-state index >= 15 is 4.79 Å². The summed E-state index contributed by atoms with van der Waals surface area (Å²) in [6.45, 7) is 11.1. The van der Waals surface area contributed by atoms with E-state index in [4.69, 9.17) is 37.3 Å². The van der Waals surface area contributed by atoms with Gasteiger partial charge in [0.2, 0.25) is 11.8 Å². The first-order chi connectivity index (χ1) is 55.6. The largest absolute Gasteiger partial charge is 0.462 e. The monoisotopic (exact) mass is 1660 g/mol. The number of amides is 2. The highest BCUT2D eigenvalue weighted by atomic mass is 32.3. The number of ether oxygens (including phenoxy) is 7. The van der Waals surface area contributed by atoms with Crippen LogP contribution in [-0.2, 0) is 76.5 Å². The van der Waals surface area contributed by atoms with Crippen LogP contribution in [-0.4, -0.2) is 173 Å². The second-order valence-corrected chi connectivity index (χ2v) is 34.5. The zero-order valence-electron chi connectivity index (χ0n) is 73.0. The molecule has 115 heavy (non-hydrogen) atoms. The molecule has 2 fully saturated rings. The van der Waals surface area contributed by atoms with Crippen molar-refractivity contribution in [2.75, 3.05) is 13.2 Å². The van der Waals surface area contributed by atoms with Gasteiger partial charge < -0.3 is 69.3 Å². The molecule has 2 aliphatic heterocycles. The Morgan fingerprint density at radius 1 is 0.365 bits per heavy atom. The van der Waals surface area contributed by atoms with Crippen LogP contribution in [0.1, 0.15) is 440 Å². The van der Waals surface area contributed by atoms with E-state index in [9.17, 15) is 62.5 Å². The van der Waals surface area contributed by atoms with Gasteiger partial charge >= 0.3 is 34.3 Å². The number of carbonyl (C=O) groups excluding carboxylic acids is 6. The zero-order chi connectivity index (χ0) is 84.4. The Morgan fingerprint density at radius 2 is 0.687 bits per heavy atom. The maximum absolute atomic E-state index is 15.0. The van der Waals surface area contributed by atoms with E-state index in [1.165, 1.54) is 70.6 Å². The van der Waals surface area contributed by atoms with E-state index in [1.54, 1.807) is 0 Å². The number of rotatable bonds is 78. The fourth-order valence-corrected chi connectivity index (χ4v) is 16.2. The lowest BCUT2D eigenvalue weighted by atomic mass is 9.95. The molecule has 14 atom stereocenters. The highest BCUT2D eigenvalue weighted by Crippen LogP contribution is 2.33. The molecule has 2 amide bonds. The molecular weight excluding hydrogens is 1490 g/mol. The molecule has 2 heterocycles. The summed E-state index contributed by atoms with van der Waals surface area (Å²) in [5, 5.41) is 63.0. The minimum absolute atomic E-state index is 0.0996. The van der Waals surface area contributed by atoms with Crippen molar-refractivity contribution in [3.8, 4) is 0 Å². The summed E-state index contributed by atoms with van der Waals surface area (Å²) in [6, 6.07) is -3.50. The maximum atomic E-state index is 15.0. The number of nitrogens with one attached hydrogen (secondary N) is 2. The van der Waals surface area contributed by atoms with Crippen LogP contribution in [0.5, 0.6) is 0 Å². The van der Waals surface area contributed by atoms with Crippen LogP contribution >= 0.6 is 0 Å². The molecule has 0 spiro atoms. The van der Waals surface area contributed by atoms with Gasteiger partial charge in [-0.05, 0) is 51.4 Å². The average Bonchev–Trinajstić information content (AvgIpc) is 0.754. The molecule has 0 aromatic rings. The topological polar surface area (TPSA) is 356 Å². The molecule has 2 aliphatic rings. The van der Waals surface area contributed by atoms with Gasteiger partial charge in [0.25, 0.3) is 0 Å². The number of carbonyl (C=O) groups is 6. The minimum atomic E-state index is -5.52. The third-order valence-electron chi connectivity index (χ3n) is 22.6. The predicted molar refractivity (Wildman–Crippen MR) is 451 cm³/mol. The van der Waals surface area contributed by atoms with Gasteiger partial charge in [0.15, 0.2) is 24.8 Å². The molecule has 2 rings (SSSR count). The normalized spacial score (nSPS) is 20.8. The van der Waals surface area contributed by atoms with Crippen molar-refractivity contribution >= 4 is 46.1 Å². The summed E-state index contributed by atoms with van der Waals surface area (Å²) in [6.07, 6.45) is 32.4. The third kappa shape index (κ3) is 55.8. The summed E-state index contributed by atoms with van der Waals surface area (Å²) < 4.78 is 84.6. The van der Waals surface area contributed by atoms with Crippen LogP contribution in [0.2, 0.25) is 0 Å². The first-order valence-electron chi connectivity index (χ1n) is 46.9. The second-order valence-electron chi connectivity index (χ2n) is 33.5. The van der Waals surface area contributed by atoms with Crippen LogP contribution < -0.4 is 10.6 Å². The van der Waals surface area contributed by atoms with Crippen LogP contribution in [0.25, 0.3) is 0 Å². The second kappa shape index (κ2) is 71.0. The molecule has 0 radical (unpaired) electrons. The van der Waals surface area contributed by atoms with Gasteiger partial charge in [-0.25, -0.2) is 4.18 Å². The quantitative estimate of drug-likeness (QED) is 0.0121. The molecule has 0 aliphatic carbocycles. The lowest BCUT2D eigenvalue weighted by molar-refractivity contribution is -0.298. The van der Waals surface area contributed by atoms with Gasteiger partial charge in [0.1, 0.15) is 48.7 Å². The number of aliphatic hydroxyl groups is 5. The molecule has 2 saturated heterocycles. The van der Waals surface area contributed by atoms with E-state index in [2.05, 4.69) is 52.2 Å². The Hall–Kier alpha value is -3.63. The molecule has 25 heteroatoms. The summed E-state index contributed by atoms with van der Waals surface area (Å²) in [5.74, 6) is -4.64. The van der Waals surface area contributed by atoms with Crippen molar-refractivity contribution in [2.45, 2.75) is 525 Å². The van der Waals surface area contributed by atoms with Crippen molar-refractivity contribution in [1.29, 1.82) is 0 Å². The van der Waals surface area contributed by atoms with Crippen LogP contribution in [0.15, 0.2) is 0 Å². The fraction of sp³-hybridized carbons (Fsp3) is 0.933. The molecule has 0 bridgehead atoms. The molecule has 8 N–H and O–H groups in total. The summed E-state index contributed by atoms with van der Waals surface area (Å²) in [5.41, 5.74) is 0. The van der Waals surface area contributed by atoms with Crippen molar-refractivity contribution in [1.82, 2.24) is 10.6 Å². The Labute approximate surface area is 696 Å². The third-order valence-corrected chi connectivity index (χ3v) is 23.1. The van der Waals surface area contributed by atoms with Crippen molar-refractivity contribution in [3.05, 3.63) is 0 Å². The fourth-order valence-electron chi connectivity index (χ4n) is 15.6. The molecule has 24 nitrogen and oxygen atoms in total. The van der Waals surface area contributed by atoms with Crippen LogP contribution in [0, 0.1) is 0 Å². The number of aliphatic hydroxyl groups excluding tert-OH is 5. The first-order valence-corrected chi connectivity index (χ1v) is 48.3. The first kappa shape index (κ1) is 107. The number of hydrogen-bond acceptors (Lipinski definition) is 21. The van der Waals surface area contributed by atoms with E-state index in [0.717, 1.165) is 225 Å². The van der Waals surface area contributed by atoms with E-state index in [1.807, 2.05) is 0 Å². The lowest BCUT2D eigenvalue weighted by Gasteiger charge is -2.46. The smallest absolute Gasteiger partial charge is 0.397 e. The van der Waals surface area contributed by atoms with E-state index < -0.39 is 171 Å². The predicted octanol–water partition coefficient (Wildman–Crippen LogP) is 18.6.